The molecule has 1 N–H and O–H groups in total. The normalized spacial score (nSPS) is 22.3. The van der Waals surface area contributed by atoms with Crippen molar-refractivity contribution in [2.24, 2.45) is 0 Å². The van der Waals surface area contributed by atoms with Gasteiger partial charge in [0.05, 0.1) is 5.02 Å². The van der Waals surface area contributed by atoms with E-state index in [0.717, 1.165) is 31.7 Å². The molecule has 1 aliphatic heterocycles. The average molecular weight is 243 g/mol. The molecule has 88 valence electrons. The Balaban J connectivity index is 2.10. The number of hydrogen-bond acceptors (Lipinski definition) is 2. The molecule has 0 amide bonds. The summed E-state index contributed by atoms with van der Waals surface area (Å²) < 4.78 is 13.3. The molecule has 1 atom stereocenters. The van der Waals surface area contributed by atoms with Crippen LogP contribution in [-0.2, 0) is 6.54 Å². The summed E-state index contributed by atoms with van der Waals surface area (Å²) in [5.41, 5.74) is 0.871. The maximum Gasteiger partial charge on any atom is 0.142 e. The van der Waals surface area contributed by atoms with Gasteiger partial charge in [0.1, 0.15) is 5.82 Å². The Hall–Kier alpha value is -0.640. The third-order valence-corrected chi connectivity index (χ3v) is 3.47. The van der Waals surface area contributed by atoms with E-state index in [0.29, 0.717) is 6.04 Å². The number of nitrogens with zero attached hydrogens (tertiary/aromatic N) is 1. The lowest BCUT2D eigenvalue weighted by atomic mass is 10.1. The second-order valence-corrected chi connectivity index (χ2v) is 4.61. The SMILES string of the molecule is C[C@@H]1CNCCN1Cc1cccc(F)c1Cl. The predicted molar refractivity (Wildman–Crippen MR) is 64.2 cm³/mol. The molecule has 2 nitrogen and oxygen atoms in total. The molecule has 1 aromatic carbocycles. The summed E-state index contributed by atoms with van der Waals surface area (Å²) in [6.07, 6.45) is 0. The van der Waals surface area contributed by atoms with E-state index in [2.05, 4.69) is 17.1 Å². The van der Waals surface area contributed by atoms with Crippen LogP contribution in [0.2, 0.25) is 5.02 Å². The van der Waals surface area contributed by atoms with Gasteiger partial charge in [0.25, 0.3) is 0 Å². The van der Waals surface area contributed by atoms with Crippen molar-refractivity contribution in [2.45, 2.75) is 19.5 Å². The highest BCUT2D eigenvalue weighted by Gasteiger charge is 2.19. The van der Waals surface area contributed by atoms with Gasteiger partial charge < -0.3 is 5.32 Å². The van der Waals surface area contributed by atoms with E-state index < -0.39 is 0 Å². The Morgan fingerprint density at radius 3 is 3.12 bits per heavy atom. The molecule has 16 heavy (non-hydrogen) atoms. The van der Waals surface area contributed by atoms with Crippen molar-refractivity contribution >= 4 is 11.6 Å². The fourth-order valence-electron chi connectivity index (χ4n) is 2.01. The van der Waals surface area contributed by atoms with Crippen molar-refractivity contribution in [1.82, 2.24) is 10.2 Å². The van der Waals surface area contributed by atoms with Gasteiger partial charge in [-0.25, -0.2) is 4.39 Å². The largest absolute Gasteiger partial charge is 0.314 e. The first kappa shape index (κ1) is 11.8. The summed E-state index contributed by atoms with van der Waals surface area (Å²) >= 11 is 5.94. The molecular formula is C12H16ClFN2. The number of benzene rings is 1. The van der Waals surface area contributed by atoms with Crippen LogP contribution in [0.25, 0.3) is 0 Å². The molecule has 0 bridgehead atoms. The van der Waals surface area contributed by atoms with E-state index in [1.54, 1.807) is 6.07 Å². The van der Waals surface area contributed by atoms with E-state index in [9.17, 15) is 4.39 Å². The molecule has 0 aromatic heterocycles. The van der Waals surface area contributed by atoms with Gasteiger partial charge in [0.2, 0.25) is 0 Å². The molecule has 0 unspecified atom stereocenters. The molecule has 1 aliphatic rings. The van der Waals surface area contributed by atoms with Crippen LogP contribution in [0.1, 0.15) is 12.5 Å². The molecule has 0 radical (unpaired) electrons. The van der Waals surface area contributed by atoms with Gasteiger partial charge >= 0.3 is 0 Å². The highest BCUT2D eigenvalue weighted by atomic mass is 35.5. The van der Waals surface area contributed by atoms with Gasteiger partial charge in [-0.2, -0.15) is 0 Å². The second-order valence-electron chi connectivity index (χ2n) is 4.24. The smallest absolute Gasteiger partial charge is 0.142 e. The Morgan fingerprint density at radius 2 is 2.38 bits per heavy atom. The monoisotopic (exact) mass is 242 g/mol. The van der Waals surface area contributed by atoms with Crippen LogP contribution in [0.3, 0.4) is 0 Å². The van der Waals surface area contributed by atoms with E-state index in [4.69, 9.17) is 11.6 Å². The summed E-state index contributed by atoms with van der Waals surface area (Å²) in [4.78, 5) is 2.32. The minimum absolute atomic E-state index is 0.258. The summed E-state index contributed by atoms with van der Waals surface area (Å²) in [7, 11) is 0. The van der Waals surface area contributed by atoms with Crippen LogP contribution in [0.5, 0.6) is 0 Å². The highest BCUT2D eigenvalue weighted by Crippen LogP contribution is 2.22. The molecule has 1 saturated heterocycles. The average Bonchev–Trinajstić information content (AvgIpc) is 2.28. The fraction of sp³-hybridized carbons (Fsp3) is 0.500. The van der Waals surface area contributed by atoms with Gasteiger partial charge in [-0.3, -0.25) is 4.90 Å². The van der Waals surface area contributed by atoms with Crippen LogP contribution >= 0.6 is 11.6 Å². The quantitative estimate of drug-likeness (QED) is 0.856. The van der Waals surface area contributed by atoms with Crippen LogP contribution in [-0.4, -0.2) is 30.6 Å². The van der Waals surface area contributed by atoms with Gasteiger partial charge in [0.15, 0.2) is 0 Å². The maximum absolute atomic E-state index is 13.3. The third kappa shape index (κ3) is 2.54. The van der Waals surface area contributed by atoms with Gasteiger partial charge in [-0.1, -0.05) is 23.7 Å². The van der Waals surface area contributed by atoms with Crippen molar-refractivity contribution < 1.29 is 4.39 Å². The first-order valence-corrected chi connectivity index (χ1v) is 5.94. The van der Waals surface area contributed by atoms with Crippen molar-refractivity contribution in [1.29, 1.82) is 0 Å². The van der Waals surface area contributed by atoms with E-state index >= 15 is 0 Å². The van der Waals surface area contributed by atoms with Crippen LogP contribution in [0.4, 0.5) is 4.39 Å². The Bertz CT molecular complexity index is 370. The van der Waals surface area contributed by atoms with E-state index in [-0.39, 0.29) is 10.8 Å². The van der Waals surface area contributed by atoms with E-state index in [1.807, 2.05) is 6.07 Å². The summed E-state index contributed by atoms with van der Waals surface area (Å²) in [5.74, 6) is -0.332. The van der Waals surface area contributed by atoms with Gasteiger partial charge in [-0.15, -0.1) is 0 Å². The first-order valence-electron chi connectivity index (χ1n) is 5.56. The second kappa shape index (κ2) is 5.13. The molecule has 0 spiro atoms. The maximum atomic E-state index is 13.3. The van der Waals surface area contributed by atoms with Crippen LogP contribution in [0, 0.1) is 5.82 Å². The third-order valence-electron chi connectivity index (χ3n) is 3.04. The van der Waals surface area contributed by atoms with Crippen molar-refractivity contribution in [3.63, 3.8) is 0 Å². The first-order chi connectivity index (χ1) is 7.68. The van der Waals surface area contributed by atoms with Crippen molar-refractivity contribution in [3.05, 3.63) is 34.6 Å². The number of nitrogens with one attached hydrogen (secondary N) is 1. The lowest BCUT2D eigenvalue weighted by Gasteiger charge is -2.34. The van der Waals surface area contributed by atoms with Crippen molar-refractivity contribution in [3.8, 4) is 0 Å². The van der Waals surface area contributed by atoms with Gasteiger partial charge in [0, 0.05) is 32.2 Å². The summed E-state index contributed by atoms with van der Waals surface area (Å²) in [5, 5.41) is 3.59. The zero-order valence-corrected chi connectivity index (χ0v) is 10.1. The van der Waals surface area contributed by atoms with E-state index in [1.165, 1.54) is 6.07 Å². The Kier molecular flexibility index (Phi) is 3.79. The molecule has 1 fully saturated rings. The number of halogens is 2. The summed E-state index contributed by atoms with van der Waals surface area (Å²) in [6.45, 7) is 5.83. The standard InChI is InChI=1S/C12H16ClFN2/c1-9-7-15-5-6-16(9)8-10-3-2-4-11(14)12(10)13/h2-4,9,15H,5-8H2,1H3/t9-/m1/s1. The highest BCUT2D eigenvalue weighted by molar-refractivity contribution is 6.31. The minimum atomic E-state index is -0.332. The molecule has 0 aliphatic carbocycles. The van der Waals surface area contributed by atoms with Crippen LogP contribution < -0.4 is 5.32 Å². The van der Waals surface area contributed by atoms with Crippen molar-refractivity contribution in [2.75, 3.05) is 19.6 Å². The lowest BCUT2D eigenvalue weighted by molar-refractivity contribution is 0.165. The van der Waals surface area contributed by atoms with Gasteiger partial charge in [-0.05, 0) is 18.6 Å². The summed E-state index contributed by atoms with van der Waals surface area (Å²) in [6, 6.07) is 5.46. The number of rotatable bonds is 2. The molecule has 4 heteroatoms. The Morgan fingerprint density at radius 1 is 1.56 bits per heavy atom. The molecule has 0 saturated carbocycles. The molecule has 1 aromatic rings. The number of hydrogen-bond donors (Lipinski definition) is 1. The molecule has 1 heterocycles. The molecule has 2 rings (SSSR count). The van der Waals surface area contributed by atoms with Crippen LogP contribution in [0.15, 0.2) is 18.2 Å². The number of piperazine rings is 1. The Labute approximate surface area is 100 Å². The lowest BCUT2D eigenvalue weighted by Crippen LogP contribution is -2.49. The molecular weight excluding hydrogens is 227 g/mol. The predicted octanol–water partition coefficient (Wildman–Crippen LogP) is 2.27. The zero-order chi connectivity index (χ0) is 11.5. The fourth-order valence-corrected chi connectivity index (χ4v) is 2.19. The minimum Gasteiger partial charge on any atom is -0.314 e. The topological polar surface area (TPSA) is 15.3 Å². The zero-order valence-electron chi connectivity index (χ0n) is 9.34.